The summed E-state index contributed by atoms with van der Waals surface area (Å²) in [6, 6.07) is 6.08. The first-order valence-corrected chi connectivity index (χ1v) is 7.42. The van der Waals surface area contributed by atoms with E-state index in [9.17, 15) is 0 Å². The van der Waals surface area contributed by atoms with Crippen LogP contribution in [-0.2, 0) is 10.1 Å². The topological polar surface area (TPSA) is 12.5 Å². The van der Waals surface area contributed by atoms with Crippen LogP contribution in [0.25, 0.3) is 0 Å². The molecule has 0 amide bonds. The molecule has 0 aromatic heterocycles. The second kappa shape index (κ2) is 6.07. The van der Waals surface area contributed by atoms with Crippen molar-refractivity contribution < 1.29 is 4.74 Å². The quantitative estimate of drug-likeness (QED) is 0.768. The van der Waals surface area contributed by atoms with Crippen molar-refractivity contribution in [3.8, 4) is 0 Å². The van der Waals surface area contributed by atoms with E-state index in [2.05, 4.69) is 33.8 Å². The lowest BCUT2D eigenvalue weighted by Gasteiger charge is -2.27. The highest BCUT2D eigenvalue weighted by Gasteiger charge is 2.19. The third-order valence-electron chi connectivity index (χ3n) is 2.98. The van der Waals surface area contributed by atoms with Crippen LogP contribution in [0.5, 0.6) is 0 Å². The highest BCUT2D eigenvalue weighted by molar-refractivity contribution is 9.08. The Morgan fingerprint density at radius 1 is 1.53 bits per heavy atom. The van der Waals surface area contributed by atoms with Crippen molar-refractivity contribution in [2.45, 2.75) is 24.8 Å². The van der Waals surface area contributed by atoms with Gasteiger partial charge in [0, 0.05) is 25.0 Å². The summed E-state index contributed by atoms with van der Waals surface area (Å²) in [7, 11) is 0. The Hall–Kier alpha value is -0.250. The van der Waals surface area contributed by atoms with E-state index in [0.29, 0.717) is 0 Å². The van der Waals surface area contributed by atoms with Gasteiger partial charge in [0.05, 0.1) is 16.8 Å². The van der Waals surface area contributed by atoms with Crippen LogP contribution in [0.15, 0.2) is 18.2 Å². The maximum Gasteiger partial charge on any atom is 0.0721 e. The van der Waals surface area contributed by atoms with Gasteiger partial charge in [-0.3, -0.25) is 0 Å². The summed E-state index contributed by atoms with van der Waals surface area (Å²) in [6.07, 6.45) is 1.31. The molecule has 1 aliphatic heterocycles. The molecule has 94 valence electrons. The van der Waals surface area contributed by atoms with Crippen molar-refractivity contribution in [1.82, 2.24) is 0 Å². The Labute approximate surface area is 116 Å². The molecule has 1 fully saturated rings. The highest BCUT2D eigenvalue weighted by Crippen LogP contribution is 2.32. The molecule has 1 atom stereocenters. The van der Waals surface area contributed by atoms with E-state index in [0.717, 1.165) is 42.2 Å². The number of benzene rings is 1. The predicted molar refractivity (Wildman–Crippen MR) is 76.3 cm³/mol. The van der Waals surface area contributed by atoms with Crippen molar-refractivity contribution in [2.24, 2.45) is 0 Å². The van der Waals surface area contributed by atoms with E-state index in [1.54, 1.807) is 0 Å². The number of rotatable bonds is 2. The minimum Gasteiger partial charge on any atom is -0.377 e. The molecule has 0 aliphatic carbocycles. The lowest BCUT2D eigenvalue weighted by Crippen LogP contribution is -2.31. The summed E-state index contributed by atoms with van der Waals surface area (Å²) in [5.74, 6) is 0. The third kappa shape index (κ3) is 3.15. The molecule has 1 saturated heterocycles. The van der Waals surface area contributed by atoms with Crippen LogP contribution < -0.4 is 4.90 Å². The number of para-hydroxylation sites is 1. The zero-order chi connectivity index (χ0) is 12.3. The van der Waals surface area contributed by atoms with Gasteiger partial charge in [0.15, 0.2) is 0 Å². The summed E-state index contributed by atoms with van der Waals surface area (Å²) in [4.78, 5) is 2.34. The summed E-state index contributed by atoms with van der Waals surface area (Å²) < 4.78 is 5.67. The molecule has 0 spiro atoms. The number of ether oxygens (including phenoxy) is 1. The first kappa shape index (κ1) is 13.2. The van der Waals surface area contributed by atoms with Crippen LogP contribution in [0.1, 0.15) is 18.9 Å². The molecule has 2 nitrogen and oxygen atoms in total. The van der Waals surface area contributed by atoms with Gasteiger partial charge < -0.3 is 9.64 Å². The summed E-state index contributed by atoms with van der Waals surface area (Å²) >= 11 is 9.87. The van der Waals surface area contributed by atoms with Gasteiger partial charge in [0.1, 0.15) is 0 Å². The Morgan fingerprint density at radius 3 is 3.12 bits per heavy atom. The molecule has 0 saturated carbocycles. The third-order valence-corrected chi connectivity index (χ3v) is 3.89. The zero-order valence-electron chi connectivity index (χ0n) is 9.96. The number of hydrogen-bond acceptors (Lipinski definition) is 2. The number of halogens is 2. The average Bonchev–Trinajstić information content (AvgIpc) is 2.53. The van der Waals surface area contributed by atoms with Gasteiger partial charge in [0.2, 0.25) is 0 Å². The van der Waals surface area contributed by atoms with E-state index < -0.39 is 0 Å². The van der Waals surface area contributed by atoms with Crippen LogP contribution >= 0.6 is 27.5 Å². The van der Waals surface area contributed by atoms with Gasteiger partial charge in [-0.15, -0.1) is 0 Å². The van der Waals surface area contributed by atoms with E-state index in [-0.39, 0.29) is 6.10 Å². The Bertz CT molecular complexity index is 386. The Morgan fingerprint density at radius 2 is 2.35 bits per heavy atom. The van der Waals surface area contributed by atoms with E-state index >= 15 is 0 Å². The van der Waals surface area contributed by atoms with Crippen LogP contribution in [0, 0.1) is 0 Å². The Balaban J connectivity index is 2.31. The maximum atomic E-state index is 6.34. The number of alkyl halides is 1. The smallest absolute Gasteiger partial charge is 0.0721 e. The number of nitrogens with zero attached hydrogens (tertiary/aromatic N) is 1. The minimum atomic E-state index is 0.261. The fourth-order valence-electron chi connectivity index (χ4n) is 2.22. The molecule has 1 aromatic carbocycles. The normalized spacial score (nSPS) is 21.4. The zero-order valence-corrected chi connectivity index (χ0v) is 12.3. The molecule has 1 heterocycles. The van der Waals surface area contributed by atoms with Crippen molar-refractivity contribution >= 4 is 33.2 Å². The fraction of sp³-hybridized carbons (Fsp3) is 0.538. The molecule has 0 bridgehead atoms. The summed E-state index contributed by atoms with van der Waals surface area (Å²) in [5, 5.41) is 1.66. The van der Waals surface area contributed by atoms with Gasteiger partial charge in [-0.25, -0.2) is 0 Å². The van der Waals surface area contributed by atoms with E-state index in [1.165, 1.54) is 5.56 Å². The molecular formula is C13H17BrClNO. The van der Waals surface area contributed by atoms with Crippen LogP contribution in [0.3, 0.4) is 0 Å². The van der Waals surface area contributed by atoms with Gasteiger partial charge in [0.25, 0.3) is 0 Å². The predicted octanol–water partition coefficient (Wildman–Crippen LogP) is 3.85. The lowest BCUT2D eigenvalue weighted by molar-refractivity contribution is 0.0821. The fourth-order valence-corrected chi connectivity index (χ4v) is 2.99. The van der Waals surface area contributed by atoms with Crippen molar-refractivity contribution in [3.63, 3.8) is 0 Å². The monoisotopic (exact) mass is 317 g/mol. The molecule has 4 heteroatoms. The average molecular weight is 319 g/mol. The van der Waals surface area contributed by atoms with Gasteiger partial charge >= 0.3 is 0 Å². The SMILES string of the molecule is CC1CN(c2c(Cl)cccc2CBr)CCCO1. The molecule has 1 aliphatic rings. The van der Waals surface area contributed by atoms with Crippen LogP contribution in [-0.4, -0.2) is 25.8 Å². The van der Waals surface area contributed by atoms with Gasteiger partial charge in [-0.1, -0.05) is 39.7 Å². The summed E-state index contributed by atoms with van der Waals surface area (Å²) in [6.45, 7) is 4.87. The van der Waals surface area contributed by atoms with Crippen LogP contribution in [0.4, 0.5) is 5.69 Å². The van der Waals surface area contributed by atoms with Gasteiger partial charge in [-0.2, -0.15) is 0 Å². The minimum absolute atomic E-state index is 0.261. The molecular weight excluding hydrogens is 302 g/mol. The molecule has 0 radical (unpaired) electrons. The van der Waals surface area contributed by atoms with Crippen molar-refractivity contribution in [3.05, 3.63) is 28.8 Å². The second-order valence-corrected chi connectivity index (χ2v) is 5.33. The van der Waals surface area contributed by atoms with Crippen molar-refractivity contribution in [1.29, 1.82) is 0 Å². The molecule has 17 heavy (non-hydrogen) atoms. The lowest BCUT2D eigenvalue weighted by atomic mass is 10.1. The molecule has 1 unspecified atom stereocenters. The molecule has 1 aromatic rings. The second-order valence-electron chi connectivity index (χ2n) is 4.36. The first-order chi connectivity index (χ1) is 8.22. The molecule has 2 rings (SSSR count). The Kier molecular flexibility index (Phi) is 4.71. The van der Waals surface area contributed by atoms with Gasteiger partial charge in [-0.05, 0) is 25.0 Å². The number of hydrogen-bond donors (Lipinski definition) is 0. The number of anilines is 1. The van der Waals surface area contributed by atoms with Crippen molar-refractivity contribution in [2.75, 3.05) is 24.6 Å². The van der Waals surface area contributed by atoms with E-state index in [4.69, 9.17) is 16.3 Å². The highest BCUT2D eigenvalue weighted by atomic mass is 79.9. The molecule has 0 N–H and O–H groups in total. The van der Waals surface area contributed by atoms with E-state index in [1.807, 2.05) is 12.1 Å². The first-order valence-electron chi connectivity index (χ1n) is 5.92. The summed E-state index contributed by atoms with van der Waals surface area (Å²) in [5.41, 5.74) is 2.40. The standard InChI is InChI=1S/C13H17BrClNO/c1-10-9-16(6-3-7-17-10)13-11(8-14)4-2-5-12(13)15/h2,4-5,10H,3,6-9H2,1H3. The largest absolute Gasteiger partial charge is 0.377 e. The maximum absolute atomic E-state index is 6.34. The van der Waals surface area contributed by atoms with Crippen LogP contribution in [0.2, 0.25) is 5.02 Å².